The highest BCUT2D eigenvalue weighted by Crippen LogP contribution is 2.35. The molecule has 0 unspecified atom stereocenters. The van der Waals surface area contributed by atoms with Crippen molar-refractivity contribution in [2.45, 2.75) is 63.7 Å². The third-order valence-corrected chi connectivity index (χ3v) is 5.77. The van der Waals surface area contributed by atoms with Crippen molar-refractivity contribution in [1.29, 1.82) is 0 Å². The molecular weight excluding hydrogens is 312 g/mol. The van der Waals surface area contributed by atoms with Crippen molar-refractivity contribution in [3.63, 3.8) is 0 Å². The number of anilines is 3. The van der Waals surface area contributed by atoms with Crippen LogP contribution < -0.4 is 10.2 Å². The van der Waals surface area contributed by atoms with Crippen LogP contribution >= 0.6 is 0 Å². The van der Waals surface area contributed by atoms with Gasteiger partial charge in [-0.1, -0.05) is 12.8 Å². The molecule has 6 heteroatoms. The normalized spacial score (nSPS) is 20.4. The monoisotopic (exact) mass is 337 g/mol. The summed E-state index contributed by atoms with van der Waals surface area (Å²) in [4.78, 5) is 11.9. The van der Waals surface area contributed by atoms with Crippen molar-refractivity contribution in [2.75, 3.05) is 16.8 Å². The van der Waals surface area contributed by atoms with E-state index in [1.165, 1.54) is 55.5 Å². The SMILES string of the molecule is [CH]1CCCN1c1nc2c(c(Nc3cc(C4CCCC4)[nH]n3)n1)CCC2. The third-order valence-electron chi connectivity index (χ3n) is 5.77. The van der Waals surface area contributed by atoms with Gasteiger partial charge in [0.1, 0.15) is 5.82 Å². The molecule has 1 radical (unpaired) electrons. The minimum atomic E-state index is 0.647. The first-order valence-corrected chi connectivity index (χ1v) is 9.69. The second-order valence-electron chi connectivity index (χ2n) is 7.48. The van der Waals surface area contributed by atoms with Gasteiger partial charge in [0.2, 0.25) is 5.95 Å². The molecule has 0 aromatic carbocycles. The molecule has 131 valence electrons. The number of aryl methyl sites for hydroxylation is 1. The molecule has 2 N–H and O–H groups in total. The van der Waals surface area contributed by atoms with Gasteiger partial charge in [-0.25, -0.2) is 4.98 Å². The summed E-state index contributed by atoms with van der Waals surface area (Å²) < 4.78 is 0. The summed E-state index contributed by atoms with van der Waals surface area (Å²) in [7, 11) is 0. The van der Waals surface area contributed by atoms with Gasteiger partial charge < -0.3 is 10.2 Å². The van der Waals surface area contributed by atoms with Crippen LogP contribution in [0.4, 0.5) is 17.6 Å². The van der Waals surface area contributed by atoms with E-state index in [-0.39, 0.29) is 0 Å². The molecule has 25 heavy (non-hydrogen) atoms. The molecule has 2 aromatic rings. The number of hydrogen-bond donors (Lipinski definition) is 2. The van der Waals surface area contributed by atoms with E-state index < -0.39 is 0 Å². The van der Waals surface area contributed by atoms with Crippen LogP contribution in [0.5, 0.6) is 0 Å². The Kier molecular flexibility index (Phi) is 3.83. The summed E-state index contributed by atoms with van der Waals surface area (Å²) in [5.74, 6) is 3.31. The molecule has 1 aliphatic heterocycles. The zero-order valence-corrected chi connectivity index (χ0v) is 14.6. The van der Waals surface area contributed by atoms with E-state index in [1.54, 1.807) is 0 Å². The predicted octanol–water partition coefficient (Wildman–Crippen LogP) is 3.85. The lowest BCUT2D eigenvalue weighted by molar-refractivity contribution is 0.693. The van der Waals surface area contributed by atoms with Gasteiger partial charge in [-0.15, -0.1) is 0 Å². The molecule has 6 nitrogen and oxygen atoms in total. The first-order valence-electron chi connectivity index (χ1n) is 9.69. The summed E-state index contributed by atoms with van der Waals surface area (Å²) in [6.07, 6.45) is 10.8. The topological polar surface area (TPSA) is 69.7 Å². The molecule has 2 aliphatic carbocycles. The van der Waals surface area contributed by atoms with Crippen molar-refractivity contribution in [2.24, 2.45) is 0 Å². The quantitative estimate of drug-likeness (QED) is 0.887. The number of hydrogen-bond acceptors (Lipinski definition) is 5. The Morgan fingerprint density at radius 3 is 2.84 bits per heavy atom. The Morgan fingerprint density at radius 2 is 2.00 bits per heavy atom. The first kappa shape index (κ1) is 15.2. The predicted molar refractivity (Wildman–Crippen MR) is 98.0 cm³/mol. The van der Waals surface area contributed by atoms with E-state index in [0.717, 1.165) is 43.4 Å². The largest absolute Gasteiger partial charge is 0.336 e. The number of fused-ring (bicyclic) bond motifs is 1. The van der Waals surface area contributed by atoms with Crippen LogP contribution in [0.1, 0.15) is 67.8 Å². The van der Waals surface area contributed by atoms with Crippen LogP contribution in [0.25, 0.3) is 0 Å². The Balaban J connectivity index is 1.42. The van der Waals surface area contributed by atoms with Crippen molar-refractivity contribution < 1.29 is 0 Å². The number of aromatic nitrogens is 4. The maximum atomic E-state index is 4.85. The molecule has 0 spiro atoms. The second kappa shape index (κ2) is 6.32. The highest BCUT2D eigenvalue weighted by atomic mass is 15.3. The van der Waals surface area contributed by atoms with Gasteiger partial charge in [0, 0.05) is 29.8 Å². The number of aromatic amines is 1. The van der Waals surface area contributed by atoms with Gasteiger partial charge in [-0.2, -0.15) is 10.1 Å². The highest BCUT2D eigenvalue weighted by molar-refractivity contribution is 5.61. The van der Waals surface area contributed by atoms with Crippen LogP contribution in [0.2, 0.25) is 0 Å². The van der Waals surface area contributed by atoms with E-state index in [9.17, 15) is 0 Å². The van der Waals surface area contributed by atoms with Gasteiger partial charge in [-0.3, -0.25) is 5.10 Å². The molecule has 3 heterocycles. The number of rotatable bonds is 4. The van der Waals surface area contributed by atoms with Gasteiger partial charge in [0.25, 0.3) is 0 Å². The summed E-state index contributed by atoms with van der Waals surface area (Å²) in [5, 5.41) is 11.2. The molecule has 2 aromatic heterocycles. The lowest BCUT2D eigenvalue weighted by Crippen LogP contribution is -2.18. The van der Waals surface area contributed by atoms with Gasteiger partial charge in [0.15, 0.2) is 5.82 Å². The van der Waals surface area contributed by atoms with Crippen LogP contribution in [0.15, 0.2) is 6.07 Å². The minimum absolute atomic E-state index is 0.647. The summed E-state index contributed by atoms with van der Waals surface area (Å²) in [6, 6.07) is 2.17. The lowest BCUT2D eigenvalue weighted by Gasteiger charge is -2.17. The maximum Gasteiger partial charge on any atom is 0.227 e. The molecule has 2 fully saturated rings. The summed E-state index contributed by atoms with van der Waals surface area (Å²) >= 11 is 0. The average molecular weight is 337 g/mol. The minimum Gasteiger partial charge on any atom is -0.336 e. The number of nitrogens with zero attached hydrogens (tertiary/aromatic N) is 4. The molecule has 0 bridgehead atoms. The van der Waals surface area contributed by atoms with E-state index in [0.29, 0.717) is 5.92 Å². The molecular formula is C19H25N6. The van der Waals surface area contributed by atoms with Crippen molar-refractivity contribution in [1.82, 2.24) is 20.2 Å². The van der Waals surface area contributed by atoms with Crippen LogP contribution in [0, 0.1) is 6.54 Å². The van der Waals surface area contributed by atoms with Crippen LogP contribution in [-0.4, -0.2) is 26.7 Å². The number of H-pyrrole nitrogens is 1. The first-order chi connectivity index (χ1) is 12.4. The second-order valence-corrected chi connectivity index (χ2v) is 7.48. The zero-order valence-electron chi connectivity index (χ0n) is 14.6. The van der Waals surface area contributed by atoms with E-state index in [4.69, 9.17) is 9.97 Å². The maximum absolute atomic E-state index is 4.85. The standard InChI is InChI=1S/C19H25N6/c1-2-7-13(6-1)16-12-17(24-23-16)21-18-14-8-5-9-15(14)20-19(22-18)25-10-3-4-11-25/h10,12-13H,1-9,11H2,(H2,20,21,22,23,24). The fourth-order valence-electron chi connectivity index (χ4n) is 4.40. The van der Waals surface area contributed by atoms with E-state index >= 15 is 0 Å². The smallest absolute Gasteiger partial charge is 0.227 e. The van der Waals surface area contributed by atoms with Gasteiger partial charge in [-0.05, 0) is 44.9 Å². The Morgan fingerprint density at radius 1 is 1.08 bits per heavy atom. The van der Waals surface area contributed by atoms with Crippen LogP contribution in [-0.2, 0) is 12.8 Å². The fraction of sp³-hybridized carbons (Fsp3) is 0.579. The third kappa shape index (κ3) is 2.87. The van der Waals surface area contributed by atoms with E-state index in [2.05, 4.69) is 33.0 Å². The molecule has 1 saturated carbocycles. The Hall–Kier alpha value is -2.11. The van der Waals surface area contributed by atoms with Crippen molar-refractivity contribution in [3.05, 3.63) is 29.6 Å². The lowest BCUT2D eigenvalue weighted by atomic mass is 10.0. The molecule has 0 atom stereocenters. The van der Waals surface area contributed by atoms with Gasteiger partial charge in [0.05, 0.1) is 12.2 Å². The van der Waals surface area contributed by atoms with Crippen molar-refractivity contribution in [3.8, 4) is 0 Å². The highest BCUT2D eigenvalue weighted by Gasteiger charge is 2.24. The Bertz CT molecular complexity index is 755. The fourth-order valence-corrected chi connectivity index (χ4v) is 4.40. The summed E-state index contributed by atoms with van der Waals surface area (Å²) in [6.45, 7) is 3.24. The molecule has 3 aliphatic rings. The van der Waals surface area contributed by atoms with Gasteiger partial charge >= 0.3 is 0 Å². The summed E-state index contributed by atoms with van der Waals surface area (Å²) in [5.41, 5.74) is 3.74. The number of nitrogens with one attached hydrogen (secondary N) is 2. The molecule has 0 amide bonds. The molecule has 1 saturated heterocycles. The van der Waals surface area contributed by atoms with E-state index in [1.807, 2.05) is 0 Å². The average Bonchev–Trinajstić information content (AvgIpc) is 3.40. The zero-order chi connectivity index (χ0) is 16.6. The Labute approximate surface area is 148 Å². The van der Waals surface area contributed by atoms with Crippen molar-refractivity contribution >= 4 is 17.6 Å². The van der Waals surface area contributed by atoms with Crippen LogP contribution in [0.3, 0.4) is 0 Å². The molecule has 5 rings (SSSR count).